The van der Waals surface area contributed by atoms with Crippen molar-refractivity contribution < 1.29 is 0 Å². The van der Waals surface area contributed by atoms with Crippen molar-refractivity contribution in [1.29, 1.82) is 0 Å². The normalized spacial score (nSPS) is 43.7. The van der Waals surface area contributed by atoms with Crippen molar-refractivity contribution in [2.75, 3.05) is 7.05 Å². The van der Waals surface area contributed by atoms with Gasteiger partial charge in [-0.05, 0) is 62.3 Å². The first-order valence-electron chi connectivity index (χ1n) is 6.93. The van der Waals surface area contributed by atoms with E-state index in [9.17, 15) is 0 Å². The Labute approximate surface area is 107 Å². The van der Waals surface area contributed by atoms with E-state index in [1.807, 2.05) is 11.7 Å². The van der Waals surface area contributed by atoms with Crippen molar-refractivity contribution in [2.24, 2.45) is 29.6 Å². The molecule has 5 atom stereocenters. The van der Waals surface area contributed by atoms with Crippen LogP contribution < -0.4 is 5.32 Å². The standard InChI is InChI=1S/C14H20N2S/c1-15-11(5-10-6-16-7-17-10)14-12-8-2-3-9(4-8)13(12)14/h6-9,11-15H,2-5H2,1H3. The van der Waals surface area contributed by atoms with Crippen LogP contribution in [0.25, 0.3) is 0 Å². The van der Waals surface area contributed by atoms with Crippen LogP contribution in [0.1, 0.15) is 24.1 Å². The molecule has 1 aromatic heterocycles. The van der Waals surface area contributed by atoms with E-state index >= 15 is 0 Å². The predicted molar refractivity (Wildman–Crippen MR) is 70.0 cm³/mol. The van der Waals surface area contributed by atoms with Gasteiger partial charge >= 0.3 is 0 Å². The molecule has 0 spiro atoms. The lowest BCUT2D eigenvalue weighted by molar-refractivity contribution is 0.377. The molecule has 3 heteroatoms. The van der Waals surface area contributed by atoms with E-state index in [2.05, 4.69) is 17.3 Å². The number of nitrogens with zero attached hydrogens (tertiary/aromatic N) is 1. The highest BCUT2D eigenvalue weighted by Gasteiger charge is 2.66. The summed E-state index contributed by atoms with van der Waals surface area (Å²) in [5, 5.41) is 3.58. The lowest BCUT2D eigenvalue weighted by atomic mass is 9.95. The highest BCUT2D eigenvalue weighted by atomic mass is 32.1. The molecule has 3 saturated carbocycles. The molecule has 0 aliphatic heterocycles. The summed E-state index contributed by atoms with van der Waals surface area (Å²) in [6.07, 6.45) is 7.85. The third kappa shape index (κ3) is 1.52. The van der Waals surface area contributed by atoms with Gasteiger partial charge in [-0.1, -0.05) is 0 Å². The molecule has 2 nitrogen and oxygen atoms in total. The van der Waals surface area contributed by atoms with Gasteiger partial charge in [0.05, 0.1) is 5.51 Å². The van der Waals surface area contributed by atoms with Crippen molar-refractivity contribution >= 4 is 11.3 Å². The fourth-order valence-electron chi connectivity index (χ4n) is 4.92. The van der Waals surface area contributed by atoms with Crippen LogP contribution in [0.2, 0.25) is 0 Å². The zero-order chi connectivity index (χ0) is 11.4. The molecular formula is C14H20N2S. The summed E-state index contributed by atoms with van der Waals surface area (Å²) >= 11 is 1.81. The van der Waals surface area contributed by atoms with Gasteiger partial charge in [-0.15, -0.1) is 11.3 Å². The van der Waals surface area contributed by atoms with Gasteiger partial charge in [-0.2, -0.15) is 0 Å². The Balaban J connectivity index is 1.48. The van der Waals surface area contributed by atoms with E-state index in [-0.39, 0.29) is 0 Å². The minimum Gasteiger partial charge on any atom is -0.316 e. The van der Waals surface area contributed by atoms with Crippen LogP contribution in [0.5, 0.6) is 0 Å². The van der Waals surface area contributed by atoms with Crippen LogP contribution >= 0.6 is 11.3 Å². The number of rotatable bonds is 4. The van der Waals surface area contributed by atoms with E-state index in [1.165, 1.54) is 24.1 Å². The number of nitrogens with one attached hydrogen (secondary N) is 1. The molecule has 5 unspecified atom stereocenters. The fourth-order valence-corrected chi connectivity index (χ4v) is 5.58. The number of likely N-dealkylation sites (N-methyl/N-ethyl adjacent to an activating group) is 1. The zero-order valence-electron chi connectivity index (χ0n) is 10.3. The minimum absolute atomic E-state index is 0.703. The monoisotopic (exact) mass is 248 g/mol. The maximum absolute atomic E-state index is 4.19. The molecule has 0 aromatic carbocycles. The minimum atomic E-state index is 0.703. The van der Waals surface area contributed by atoms with E-state index in [0.29, 0.717) is 6.04 Å². The molecule has 1 N–H and O–H groups in total. The van der Waals surface area contributed by atoms with Crippen LogP contribution in [0.3, 0.4) is 0 Å². The quantitative estimate of drug-likeness (QED) is 0.886. The van der Waals surface area contributed by atoms with Gasteiger partial charge in [0.15, 0.2) is 0 Å². The number of fused-ring (bicyclic) bond motifs is 5. The van der Waals surface area contributed by atoms with Crippen LogP contribution in [-0.4, -0.2) is 18.1 Å². The molecule has 4 rings (SSSR count). The Kier molecular flexibility index (Phi) is 2.34. The molecule has 3 aliphatic rings. The van der Waals surface area contributed by atoms with Crippen molar-refractivity contribution in [1.82, 2.24) is 10.3 Å². The number of hydrogen-bond acceptors (Lipinski definition) is 3. The molecule has 1 heterocycles. The summed E-state index contributed by atoms with van der Waals surface area (Å²) in [4.78, 5) is 5.64. The fraction of sp³-hybridized carbons (Fsp3) is 0.786. The molecule has 0 saturated heterocycles. The zero-order valence-corrected chi connectivity index (χ0v) is 11.1. The second kappa shape index (κ2) is 3.79. The first kappa shape index (κ1) is 10.5. The number of aromatic nitrogens is 1. The molecule has 92 valence electrons. The summed E-state index contributed by atoms with van der Waals surface area (Å²) in [5.41, 5.74) is 1.96. The summed E-state index contributed by atoms with van der Waals surface area (Å²) in [5.74, 6) is 5.33. The number of thiazole rings is 1. The molecule has 0 radical (unpaired) electrons. The molecule has 2 bridgehead atoms. The summed E-state index contributed by atoms with van der Waals surface area (Å²) < 4.78 is 0. The Morgan fingerprint density at radius 2 is 2.18 bits per heavy atom. The lowest BCUT2D eigenvalue weighted by Crippen LogP contribution is -2.32. The second-order valence-electron chi connectivity index (χ2n) is 6.13. The highest BCUT2D eigenvalue weighted by molar-refractivity contribution is 7.09. The maximum Gasteiger partial charge on any atom is 0.0794 e. The van der Waals surface area contributed by atoms with Crippen molar-refractivity contribution in [3.8, 4) is 0 Å². The second-order valence-corrected chi connectivity index (χ2v) is 7.10. The van der Waals surface area contributed by atoms with Crippen molar-refractivity contribution in [2.45, 2.75) is 31.7 Å². The van der Waals surface area contributed by atoms with Crippen LogP contribution in [-0.2, 0) is 6.42 Å². The number of hydrogen-bond donors (Lipinski definition) is 1. The maximum atomic E-state index is 4.19. The average molecular weight is 248 g/mol. The molecule has 1 aromatic rings. The van der Waals surface area contributed by atoms with E-state index in [4.69, 9.17) is 0 Å². The van der Waals surface area contributed by atoms with Crippen LogP contribution in [0, 0.1) is 29.6 Å². The first-order chi connectivity index (χ1) is 8.38. The Hall–Kier alpha value is -0.410. The summed E-state index contributed by atoms with van der Waals surface area (Å²) in [6, 6.07) is 0.703. The van der Waals surface area contributed by atoms with Gasteiger partial charge in [-0.3, -0.25) is 4.98 Å². The molecule has 3 fully saturated rings. The Morgan fingerprint density at radius 3 is 2.76 bits per heavy atom. The molecule has 0 amide bonds. The smallest absolute Gasteiger partial charge is 0.0794 e. The van der Waals surface area contributed by atoms with Gasteiger partial charge in [-0.25, -0.2) is 0 Å². The Morgan fingerprint density at radius 1 is 1.41 bits per heavy atom. The van der Waals surface area contributed by atoms with Crippen LogP contribution in [0.4, 0.5) is 0 Å². The Bertz CT molecular complexity index is 386. The first-order valence-corrected chi connectivity index (χ1v) is 7.81. The van der Waals surface area contributed by atoms with Crippen molar-refractivity contribution in [3.05, 3.63) is 16.6 Å². The van der Waals surface area contributed by atoms with Gasteiger partial charge in [0.1, 0.15) is 0 Å². The van der Waals surface area contributed by atoms with Gasteiger partial charge < -0.3 is 5.32 Å². The molecular weight excluding hydrogens is 228 g/mol. The molecule has 3 aliphatic carbocycles. The summed E-state index contributed by atoms with van der Waals surface area (Å²) in [7, 11) is 2.14. The lowest BCUT2D eigenvalue weighted by Gasteiger charge is -2.19. The SMILES string of the molecule is CNC(Cc1cncs1)C1C2C3CCC(C3)C21. The van der Waals surface area contributed by atoms with Gasteiger partial charge in [0.2, 0.25) is 0 Å². The van der Waals surface area contributed by atoms with Crippen molar-refractivity contribution in [3.63, 3.8) is 0 Å². The highest BCUT2D eigenvalue weighted by Crippen LogP contribution is 2.70. The van der Waals surface area contributed by atoms with E-state index in [1.54, 1.807) is 17.8 Å². The van der Waals surface area contributed by atoms with E-state index < -0.39 is 0 Å². The third-order valence-corrected chi connectivity index (χ3v) is 6.34. The van der Waals surface area contributed by atoms with Gasteiger partial charge in [0, 0.05) is 17.1 Å². The predicted octanol–water partition coefficient (Wildman–Crippen LogP) is 2.57. The largest absolute Gasteiger partial charge is 0.316 e. The van der Waals surface area contributed by atoms with Gasteiger partial charge in [0.25, 0.3) is 0 Å². The van der Waals surface area contributed by atoms with E-state index in [0.717, 1.165) is 29.6 Å². The third-order valence-electron chi connectivity index (χ3n) is 5.53. The topological polar surface area (TPSA) is 24.9 Å². The molecule has 17 heavy (non-hydrogen) atoms. The van der Waals surface area contributed by atoms with Crippen LogP contribution in [0.15, 0.2) is 11.7 Å². The summed E-state index contributed by atoms with van der Waals surface area (Å²) in [6.45, 7) is 0. The average Bonchev–Trinajstić information content (AvgIpc) is 2.82.